The van der Waals surface area contributed by atoms with E-state index < -0.39 is 0 Å². The number of fused-ring (bicyclic) bond motifs is 1. The van der Waals surface area contributed by atoms with Crippen molar-refractivity contribution in [1.82, 2.24) is 0 Å². The summed E-state index contributed by atoms with van der Waals surface area (Å²) in [5, 5.41) is 0.991. The Hall–Kier alpha value is -0.770. The molecule has 18 heavy (non-hydrogen) atoms. The normalized spacial score (nSPS) is 22.4. The minimum absolute atomic E-state index is 0.196. The van der Waals surface area contributed by atoms with Crippen LogP contribution < -0.4 is 5.73 Å². The minimum atomic E-state index is -0.233. The maximum Gasteiger partial charge on any atom is 0.309 e. The van der Waals surface area contributed by atoms with E-state index in [4.69, 9.17) is 33.7 Å². The van der Waals surface area contributed by atoms with Crippen LogP contribution in [0.4, 0.5) is 0 Å². The second-order valence-electron chi connectivity index (χ2n) is 4.42. The van der Waals surface area contributed by atoms with Crippen LogP contribution in [0.5, 0.6) is 0 Å². The van der Waals surface area contributed by atoms with Gasteiger partial charge in [0.15, 0.2) is 0 Å². The van der Waals surface area contributed by atoms with Gasteiger partial charge in [0.2, 0.25) is 0 Å². The van der Waals surface area contributed by atoms with E-state index in [0.29, 0.717) is 29.5 Å². The molecule has 0 aromatic heterocycles. The molecule has 0 heterocycles. The molecule has 1 aliphatic carbocycles. The summed E-state index contributed by atoms with van der Waals surface area (Å²) in [5.41, 5.74) is 7.93. The maximum atomic E-state index is 11.8. The monoisotopic (exact) mass is 287 g/mol. The molecule has 0 saturated heterocycles. The van der Waals surface area contributed by atoms with Gasteiger partial charge >= 0.3 is 5.97 Å². The zero-order chi connectivity index (χ0) is 13.3. The standard InChI is InChI=1S/C13H15Cl2NO2/c1-2-18-13(17)7-5-9-8(11(16)6-7)3-4-10(14)12(9)15/h3-4,7,11H,2,5-6,16H2,1H3/t7-,11-/m1/s1. The Bertz CT molecular complexity index is 476. The Morgan fingerprint density at radius 3 is 2.89 bits per heavy atom. The van der Waals surface area contributed by atoms with Crippen LogP contribution in [0, 0.1) is 5.92 Å². The van der Waals surface area contributed by atoms with Crippen LogP contribution in [0.15, 0.2) is 12.1 Å². The van der Waals surface area contributed by atoms with E-state index in [0.717, 1.165) is 11.1 Å². The van der Waals surface area contributed by atoms with Crippen LogP contribution in [0.1, 0.15) is 30.5 Å². The first-order chi connectivity index (χ1) is 8.54. The molecule has 0 amide bonds. The number of carbonyl (C=O) groups excluding carboxylic acids is 1. The lowest BCUT2D eigenvalue weighted by molar-refractivity contribution is -0.148. The van der Waals surface area contributed by atoms with Gasteiger partial charge in [-0.1, -0.05) is 29.3 Å². The molecule has 0 bridgehead atoms. The quantitative estimate of drug-likeness (QED) is 0.851. The smallest absolute Gasteiger partial charge is 0.309 e. The van der Waals surface area contributed by atoms with Crippen molar-refractivity contribution in [3.8, 4) is 0 Å². The molecule has 2 N–H and O–H groups in total. The molecule has 2 rings (SSSR count). The Morgan fingerprint density at radius 1 is 1.50 bits per heavy atom. The first-order valence-electron chi connectivity index (χ1n) is 5.93. The average Bonchev–Trinajstić information content (AvgIpc) is 2.34. The van der Waals surface area contributed by atoms with E-state index in [1.807, 2.05) is 6.07 Å². The second-order valence-corrected chi connectivity index (χ2v) is 5.21. The summed E-state index contributed by atoms with van der Waals surface area (Å²) in [4.78, 5) is 11.8. The average molecular weight is 288 g/mol. The predicted molar refractivity (Wildman–Crippen MR) is 71.8 cm³/mol. The maximum absolute atomic E-state index is 11.8. The van der Waals surface area contributed by atoms with Gasteiger partial charge in [0, 0.05) is 6.04 Å². The molecule has 0 saturated carbocycles. The fourth-order valence-corrected chi connectivity index (χ4v) is 2.79. The summed E-state index contributed by atoms with van der Waals surface area (Å²) in [7, 11) is 0. The van der Waals surface area contributed by atoms with Crippen LogP contribution in [0.2, 0.25) is 10.0 Å². The molecule has 0 fully saturated rings. The fourth-order valence-electron chi connectivity index (χ4n) is 2.37. The third-order valence-corrected chi connectivity index (χ3v) is 4.08. The Balaban J connectivity index is 2.32. The zero-order valence-corrected chi connectivity index (χ0v) is 11.6. The van der Waals surface area contributed by atoms with Crippen molar-refractivity contribution in [2.45, 2.75) is 25.8 Å². The van der Waals surface area contributed by atoms with E-state index in [2.05, 4.69) is 0 Å². The number of rotatable bonds is 2. The van der Waals surface area contributed by atoms with Gasteiger partial charge in [0.25, 0.3) is 0 Å². The molecule has 0 spiro atoms. The molecule has 0 unspecified atom stereocenters. The lowest BCUT2D eigenvalue weighted by atomic mass is 9.81. The molecule has 5 heteroatoms. The molecular weight excluding hydrogens is 273 g/mol. The van der Waals surface area contributed by atoms with Gasteiger partial charge in [-0.2, -0.15) is 0 Å². The molecule has 0 aliphatic heterocycles. The summed E-state index contributed by atoms with van der Waals surface area (Å²) in [5.74, 6) is -0.446. The fraction of sp³-hybridized carbons (Fsp3) is 0.462. The van der Waals surface area contributed by atoms with Crippen LogP contribution in [-0.2, 0) is 16.0 Å². The highest BCUT2D eigenvalue weighted by atomic mass is 35.5. The summed E-state index contributed by atoms with van der Waals surface area (Å²) in [6.45, 7) is 2.17. The van der Waals surface area contributed by atoms with Crippen molar-refractivity contribution in [3.05, 3.63) is 33.3 Å². The number of hydrogen-bond acceptors (Lipinski definition) is 3. The van der Waals surface area contributed by atoms with Gasteiger partial charge in [-0.05, 0) is 37.0 Å². The van der Waals surface area contributed by atoms with E-state index >= 15 is 0 Å². The third-order valence-electron chi connectivity index (χ3n) is 3.24. The Morgan fingerprint density at radius 2 is 2.22 bits per heavy atom. The number of hydrogen-bond donors (Lipinski definition) is 1. The van der Waals surface area contributed by atoms with Crippen molar-refractivity contribution in [1.29, 1.82) is 0 Å². The van der Waals surface area contributed by atoms with Crippen molar-refractivity contribution < 1.29 is 9.53 Å². The third kappa shape index (κ3) is 2.48. The summed E-state index contributed by atoms with van der Waals surface area (Å²) < 4.78 is 5.04. The zero-order valence-electron chi connectivity index (χ0n) is 10.1. The SMILES string of the molecule is CCOC(=O)[C@@H]1Cc2c(ccc(Cl)c2Cl)[C@H](N)C1. The van der Waals surface area contributed by atoms with Gasteiger partial charge < -0.3 is 10.5 Å². The number of carbonyl (C=O) groups is 1. The summed E-state index contributed by atoms with van der Waals surface area (Å²) in [6.07, 6.45) is 1.13. The summed E-state index contributed by atoms with van der Waals surface area (Å²) >= 11 is 12.2. The van der Waals surface area contributed by atoms with Gasteiger partial charge in [0.1, 0.15) is 0 Å². The molecule has 98 valence electrons. The van der Waals surface area contributed by atoms with E-state index in [9.17, 15) is 4.79 Å². The molecular formula is C13H15Cl2NO2. The van der Waals surface area contributed by atoms with Gasteiger partial charge in [-0.25, -0.2) is 0 Å². The van der Waals surface area contributed by atoms with Crippen molar-refractivity contribution in [2.75, 3.05) is 6.61 Å². The number of esters is 1. The molecule has 1 aromatic carbocycles. The van der Waals surface area contributed by atoms with Crippen LogP contribution in [0.3, 0.4) is 0 Å². The summed E-state index contributed by atoms with van der Waals surface area (Å²) in [6, 6.07) is 3.43. The number of halogens is 2. The first kappa shape index (κ1) is 13.7. The van der Waals surface area contributed by atoms with Crippen LogP contribution in [-0.4, -0.2) is 12.6 Å². The highest BCUT2D eigenvalue weighted by molar-refractivity contribution is 6.42. The van der Waals surface area contributed by atoms with Gasteiger partial charge in [0.05, 0.1) is 22.6 Å². The number of ether oxygens (including phenoxy) is 1. The van der Waals surface area contributed by atoms with Gasteiger partial charge in [-0.3, -0.25) is 4.79 Å². The molecule has 1 aromatic rings. The van der Waals surface area contributed by atoms with Crippen molar-refractivity contribution in [3.63, 3.8) is 0 Å². The number of nitrogens with two attached hydrogens (primary N) is 1. The Kier molecular flexibility index (Phi) is 4.15. The highest BCUT2D eigenvalue weighted by Crippen LogP contribution is 2.39. The Labute approximate surface area is 116 Å². The minimum Gasteiger partial charge on any atom is -0.466 e. The van der Waals surface area contributed by atoms with Crippen LogP contribution in [0.25, 0.3) is 0 Å². The topological polar surface area (TPSA) is 52.3 Å². The highest BCUT2D eigenvalue weighted by Gasteiger charge is 2.32. The first-order valence-corrected chi connectivity index (χ1v) is 6.69. The largest absolute Gasteiger partial charge is 0.466 e. The number of benzene rings is 1. The van der Waals surface area contributed by atoms with Crippen molar-refractivity contribution >= 4 is 29.2 Å². The lowest BCUT2D eigenvalue weighted by Gasteiger charge is -2.29. The van der Waals surface area contributed by atoms with E-state index in [1.54, 1.807) is 13.0 Å². The van der Waals surface area contributed by atoms with Gasteiger partial charge in [-0.15, -0.1) is 0 Å². The van der Waals surface area contributed by atoms with Crippen molar-refractivity contribution in [2.24, 2.45) is 11.7 Å². The second kappa shape index (κ2) is 5.47. The van der Waals surface area contributed by atoms with Crippen LogP contribution >= 0.6 is 23.2 Å². The predicted octanol–water partition coefficient (Wildman–Crippen LogP) is 3.12. The van der Waals surface area contributed by atoms with E-state index in [1.165, 1.54) is 0 Å². The molecule has 0 radical (unpaired) electrons. The lowest BCUT2D eigenvalue weighted by Crippen LogP contribution is -2.30. The molecule has 1 aliphatic rings. The van der Waals surface area contributed by atoms with E-state index in [-0.39, 0.29) is 17.9 Å². The molecule has 3 nitrogen and oxygen atoms in total. The molecule has 2 atom stereocenters.